The number of carboxylic acids is 1. The second kappa shape index (κ2) is 4.28. The lowest BCUT2D eigenvalue weighted by Crippen LogP contribution is -1.94. The molecule has 0 aliphatic heterocycles. The Labute approximate surface area is 109 Å². The third-order valence-corrected chi connectivity index (χ3v) is 3.31. The van der Waals surface area contributed by atoms with Crippen molar-refractivity contribution in [1.82, 2.24) is 15.0 Å². The maximum Gasteiger partial charge on any atom is 0.335 e. The number of rotatable bonds is 3. The summed E-state index contributed by atoms with van der Waals surface area (Å²) >= 11 is 0. The van der Waals surface area contributed by atoms with Crippen molar-refractivity contribution in [3.8, 4) is 0 Å². The number of aromatic carboxylic acids is 1. The first-order valence-corrected chi connectivity index (χ1v) is 5.98. The maximum atomic E-state index is 11.0. The minimum absolute atomic E-state index is 0.305. The molecule has 0 fully saturated rings. The first-order chi connectivity index (χ1) is 9.15. The Balaban J connectivity index is 2.07. The monoisotopic (exact) mass is 255 g/mol. The fourth-order valence-corrected chi connectivity index (χ4v) is 2.25. The van der Waals surface area contributed by atoms with Crippen LogP contribution in [0, 0.1) is 6.92 Å². The predicted molar refractivity (Wildman–Crippen MR) is 71.4 cm³/mol. The summed E-state index contributed by atoms with van der Waals surface area (Å²) in [4.78, 5) is 21.6. The second-order valence-corrected chi connectivity index (χ2v) is 4.51. The first kappa shape index (κ1) is 11.5. The molecule has 3 rings (SSSR count). The van der Waals surface area contributed by atoms with Gasteiger partial charge in [-0.25, -0.2) is 9.78 Å². The molecule has 5 heteroatoms. The predicted octanol–water partition coefficient (Wildman–Crippen LogP) is 2.49. The van der Waals surface area contributed by atoms with E-state index in [4.69, 9.17) is 5.11 Å². The standard InChI is InChI=1S/C14H13N3O2/c1-8-10-6-9(14(18)19)2-3-11(10)17-12(8)7-13-15-4-5-16-13/h2-6,17H,7H2,1H3,(H,15,16)(H,18,19). The molecule has 0 atom stereocenters. The zero-order chi connectivity index (χ0) is 13.4. The van der Waals surface area contributed by atoms with Crippen molar-refractivity contribution in [1.29, 1.82) is 0 Å². The Morgan fingerprint density at radius 1 is 1.42 bits per heavy atom. The van der Waals surface area contributed by atoms with E-state index in [9.17, 15) is 4.79 Å². The van der Waals surface area contributed by atoms with Crippen molar-refractivity contribution < 1.29 is 9.90 Å². The van der Waals surface area contributed by atoms with Crippen LogP contribution in [-0.4, -0.2) is 26.0 Å². The van der Waals surface area contributed by atoms with E-state index in [0.717, 1.165) is 28.0 Å². The number of hydrogen-bond donors (Lipinski definition) is 3. The molecule has 0 saturated carbocycles. The van der Waals surface area contributed by atoms with Gasteiger partial charge in [0.25, 0.3) is 0 Å². The van der Waals surface area contributed by atoms with Crippen molar-refractivity contribution in [2.24, 2.45) is 0 Å². The van der Waals surface area contributed by atoms with E-state index in [-0.39, 0.29) is 0 Å². The molecule has 0 radical (unpaired) electrons. The van der Waals surface area contributed by atoms with Gasteiger partial charge in [0.1, 0.15) is 5.82 Å². The van der Waals surface area contributed by atoms with E-state index < -0.39 is 5.97 Å². The number of nitrogens with zero attached hydrogens (tertiary/aromatic N) is 1. The highest BCUT2D eigenvalue weighted by molar-refractivity contribution is 5.95. The molecule has 0 saturated heterocycles. The van der Waals surface area contributed by atoms with Gasteiger partial charge in [-0.2, -0.15) is 0 Å². The van der Waals surface area contributed by atoms with Crippen molar-refractivity contribution in [3.05, 3.63) is 53.2 Å². The van der Waals surface area contributed by atoms with E-state index in [1.807, 2.05) is 6.92 Å². The van der Waals surface area contributed by atoms with Gasteiger partial charge in [-0.1, -0.05) is 0 Å². The van der Waals surface area contributed by atoms with Gasteiger partial charge in [0.05, 0.1) is 5.56 Å². The molecular formula is C14H13N3O2. The van der Waals surface area contributed by atoms with Gasteiger partial charge in [0, 0.05) is 35.4 Å². The van der Waals surface area contributed by atoms with Crippen LogP contribution in [0.3, 0.4) is 0 Å². The van der Waals surface area contributed by atoms with Crippen molar-refractivity contribution >= 4 is 16.9 Å². The highest BCUT2D eigenvalue weighted by atomic mass is 16.4. The number of benzene rings is 1. The summed E-state index contributed by atoms with van der Waals surface area (Å²) in [6, 6.07) is 5.11. The van der Waals surface area contributed by atoms with Gasteiger partial charge in [-0.05, 0) is 30.7 Å². The number of carbonyl (C=O) groups is 1. The highest BCUT2D eigenvalue weighted by Crippen LogP contribution is 2.24. The lowest BCUT2D eigenvalue weighted by atomic mass is 10.1. The molecule has 1 aromatic carbocycles. The molecule has 0 bridgehead atoms. The van der Waals surface area contributed by atoms with E-state index in [1.54, 1.807) is 30.6 Å². The first-order valence-electron chi connectivity index (χ1n) is 5.98. The Morgan fingerprint density at radius 3 is 2.95 bits per heavy atom. The number of hydrogen-bond acceptors (Lipinski definition) is 2. The van der Waals surface area contributed by atoms with Crippen LogP contribution in [0.5, 0.6) is 0 Å². The third kappa shape index (κ3) is 1.99. The van der Waals surface area contributed by atoms with Gasteiger partial charge in [-0.15, -0.1) is 0 Å². The van der Waals surface area contributed by atoms with E-state index in [0.29, 0.717) is 12.0 Å². The Morgan fingerprint density at radius 2 is 2.26 bits per heavy atom. The van der Waals surface area contributed by atoms with Gasteiger partial charge in [-0.3, -0.25) is 0 Å². The lowest BCUT2D eigenvalue weighted by molar-refractivity contribution is 0.0697. The van der Waals surface area contributed by atoms with Gasteiger partial charge in [0.2, 0.25) is 0 Å². The number of nitrogens with one attached hydrogen (secondary N) is 2. The average molecular weight is 255 g/mol. The Bertz CT molecular complexity index is 741. The van der Waals surface area contributed by atoms with E-state index in [2.05, 4.69) is 15.0 Å². The molecule has 0 spiro atoms. The molecule has 0 aliphatic rings. The molecular weight excluding hydrogens is 242 g/mol. The summed E-state index contributed by atoms with van der Waals surface area (Å²) in [5.41, 5.74) is 3.37. The van der Waals surface area contributed by atoms with Crippen LogP contribution in [0.1, 0.15) is 27.4 Å². The number of aryl methyl sites for hydroxylation is 1. The highest BCUT2D eigenvalue weighted by Gasteiger charge is 2.11. The number of aromatic nitrogens is 3. The van der Waals surface area contributed by atoms with Crippen molar-refractivity contribution in [2.75, 3.05) is 0 Å². The molecule has 2 aromatic heterocycles. The Hall–Kier alpha value is -2.56. The second-order valence-electron chi connectivity index (χ2n) is 4.51. The molecule has 3 N–H and O–H groups in total. The summed E-state index contributed by atoms with van der Waals surface area (Å²) in [6.07, 6.45) is 4.18. The van der Waals surface area contributed by atoms with Crippen molar-refractivity contribution in [2.45, 2.75) is 13.3 Å². The van der Waals surface area contributed by atoms with Crippen LogP contribution >= 0.6 is 0 Å². The van der Waals surface area contributed by atoms with Gasteiger partial charge >= 0.3 is 5.97 Å². The minimum atomic E-state index is -0.907. The van der Waals surface area contributed by atoms with E-state index in [1.165, 1.54) is 0 Å². The third-order valence-electron chi connectivity index (χ3n) is 3.31. The minimum Gasteiger partial charge on any atom is -0.478 e. The molecule has 96 valence electrons. The topological polar surface area (TPSA) is 81.8 Å². The summed E-state index contributed by atoms with van der Waals surface area (Å²) in [5, 5.41) is 9.97. The smallest absolute Gasteiger partial charge is 0.335 e. The fraction of sp³-hybridized carbons (Fsp3) is 0.143. The molecule has 0 unspecified atom stereocenters. The molecule has 0 amide bonds. The normalized spacial score (nSPS) is 11.0. The maximum absolute atomic E-state index is 11.0. The summed E-state index contributed by atoms with van der Waals surface area (Å²) in [6.45, 7) is 1.99. The Kier molecular flexibility index (Phi) is 2.59. The summed E-state index contributed by atoms with van der Waals surface area (Å²) < 4.78 is 0. The van der Waals surface area contributed by atoms with Gasteiger partial charge in [0.15, 0.2) is 0 Å². The van der Waals surface area contributed by atoms with Crippen LogP contribution in [0.2, 0.25) is 0 Å². The van der Waals surface area contributed by atoms with Crippen LogP contribution in [-0.2, 0) is 6.42 Å². The number of fused-ring (bicyclic) bond motifs is 1. The van der Waals surface area contributed by atoms with Crippen LogP contribution in [0.15, 0.2) is 30.6 Å². The summed E-state index contributed by atoms with van der Waals surface area (Å²) in [7, 11) is 0. The summed E-state index contributed by atoms with van der Waals surface area (Å²) in [5.74, 6) is -0.0248. The fourth-order valence-electron chi connectivity index (χ4n) is 2.25. The molecule has 5 nitrogen and oxygen atoms in total. The quantitative estimate of drug-likeness (QED) is 0.672. The SMILES string of the molecule is Cc1c(Cc2ncc[nH]2)[nH]c2ccc(C(=O)O)cc12. The molecule has 3 aromatic rings. The van der Waals surface area contributed by atoms with E-state index >= 15 is 0 Å². The number of imidazole rings is 1. The molecule has 0 aliphatic carbocycles. The van der Waals surface area contributed by atoms with Crippen LogP contribution in [0.25, 0.3) is 10.9 Å². The van der Waals surface area contributed by atoms with Gasteiger partial charge < -0.3 is 15.1 Å². The molecule has 19 heavy (non-hydrogen) atoms. The lowest BCUT2D eigenvalue weighted by Gasteiger charge is -1.97. The number of aromatic amines is 2. The number of H-pyrrole nitrogens is 2. The molecule has 2 heterocycles. The van der Waals surface area contributed by atoms with Crippen LogP contribution in [0.4, 0.5) is 0 Å². The van der Waals surface area contributed by atoms with Crippen LogP contribution < -0.4 is 0 Å². The average Bonchev–Trinajstić information content (AvgIpc) is 2.99. The number of carboxylic acid groups (broad SMARTS) is 1. The largest absolute Gasteiger partial charge is 0.478 e. The zero-order valence-corrected chi connectivity index (χ0v) is 10.4. The van der Waals surface area contributed by atoms with Crippen molar-refractivity contribution in [3.63, 3.8) is 0 Å². The zero-order valence-electron chi connectivity index (χ0n) is 10.4.